The van der Waals surface area contributed by atoms with E-state index in [0.717, 1.165) is 37.8 Å². The van der Waals surface area contributed by atoms with Crippen molar-refractivity contribution in [2.45, 2.75) is 78.2 Å². The molecule has 1 aliphatic heterocycles. The van der Waals surface area contributed by atoms with Gasteiger partial charge in [0.2, 0.25) is 5.91 Å². The molecule has 0 atom stereocenters. The molecule has 0 N–H and O–H groups in total. The lowest BCUT2D eigenvalue weighted by Gasteiger charge is -2.33. The number of imidazole rings is 1. The standard InChI is InChI=1S/C20H33N3O/c1-16-15-21-17(2)23(16)13-10-18-8-11-22(12-9-18)20(24)14-19-6-4-3-5-7-19/h15,18-19H,3-14H2,1-2H3. The Morgan fingerprint density at radius 3 is 2.42 bits per heavy atom. The van der Waals surface area contributed by atoms with Gasteiger partial charge in [0.05, 0.1) is 0 Å². The van der Waals surface area contributed by atoms with Crippen LogP contribution >= 0.6 is 0 Å². The number of amides is 1. The molecule has 24 heavy (non-hydrogen) atoms. The Morgan fingerprint density at radius 1 is 1.08 bits per heavy atom. The van der Waals surface area contributed by atoms with E-state index < -0.39 is 0 Å². The number of hydrogen-bond acceptors (Lipinski definition) is 2. The minimum Gasteiger partial charge on any atom is -0.343 e. The molecule has 0 aromatic carbocycles. The number of rotatable bonds is 5. The van der Waals surface area contributed by atoms with Crippen LogP contribution < -0.4 is 0 Å². The highest BCUT2D eigenvalue weighted by Gasteiger charge is 2.25. The van der Waals surface area contributed by atoms with Gasteiger partial charge in [0.1, 0.15) is 5.82 Å². The molecule has 4 heteroatoms. The Morgan fingerprint density at radius 2 is 1.79 bits per heavy atom. The zero-order chi connectivity index (χ0) is 16.9. The van der Waals surface area contributed by atoms with Gasteiger partial charge in [-0.3, -0.25) is 4.79 Å². The Balaban J connectivity index is 1.39. The van der Waals surface area contributed by atoms with Gasteiger partial charge in [0, 0.05) is 37.9 Å². The van der Waals surface area contributed by atoms with E-state index in [4.69, 9.17) is 0 Å². The number of piperidine rings is 1. The number of nitrogens with zero attached hydrogens (tertiary/aromatic N) is 3. The molecule has 1 aromatic rings. The fraction of sp³-hybridized carbons (Fsp3) is 0.800. The monoisotopic (exact) mass is 331 g/mol. The van der Waals surface area contributed by atoms with E-state index in [1.807, 2.05) is 6.20 Å². The van der Waals surface area contributed by atoms with Crippen LogP contribution in [0.3, 0.4) is 0 Å². The summed E-state index contributed by atoms with van der Waals surface area (Å²) >= 11 is 0. The van der Waals surface area contributed by atoms with Crippen molar-refractivity contribution in [2.75, 3.05) is 13.1 Å². The quantitative estimate of drug-likeness (QED) is 0.815. The molecule has 0 unspecified atom stereocenters. The van der Waals surface area contributed by atoms with Gasteiger partial charge >= 0.3 is 0 Å². The number of aromatic nitrogens is 2. The highest BCUT2D eigenvalue weighted by molar-refractivity contribution is 5.76. The molecule has 134 valence electrons. The van der Waals surface area contributed by atoms with E-state index in [1.165, 1.54) is 57.1 Å². The maximum absolute atomic E-state index is 12.5. The molecular formula is C20H33N3O. The molecule has 1 saturated carbocycles. The molecule has 0 radical (unpaired) electrons. The van der Waals surface area contributed by atoms with Crippen molar-refractivity contribution in [2.24, 2.45) is 11.8 Å². The van der Waals surface area contributed by atoms with E-state index in [1.54, 1.807) is 0 Å². The van der Waals surface area contributed by atoms with Crippen molar-refractivity contribution in [3.8, 4) is 0 Å². The van der Waals surface area contributed by atoms with Crippen molar-refractivity contribution in [3.05, 3.63) is 17.7 Å². The van der Waals surface area contributed by atoms with Crippen molar-refractivity contribution in [1.82, 2.24) is 14.5 Å². The Kier molecular flexibility index (Phi) is 5.96. The summed E-state index contributed by atoms with van der Waals surface area (Å²) in [5.41, 5.74) is 1.26. The van der Waals surface area contributed by atoms with Gasteiger partial charge in [-0.25, -0.2) is 4.98 Å². The second-order valence-corrected chi connectivity index (χ2v) is 7.92. The SMILES string of the molecule is Cc1cnc(C)n1CCC1CCN(C(=O)CC2CCCCC2)CC1. The summed E-state index contributed by atoms with van der Waals surface area (Å²) in [6.45, 7) is 7.22. The van der Waals surface area contributed by atoms with E-state index in [2.05, 4.69) is 28.3 Å². The van der Waals surface area contributed by atoms with Crippen molar-refractivity contribution < 1.29 is 4.79 Å². The van der Waals surface area contributed by atoms with Crippen LogP contribution in [0.2, 0.25) is 0 Å². The largest absolute Gasteiger partial charge is 0.343 e. The van der Waals surface area contributed by atoms with Crippen molar-refractivity contribution >= 4 is 5.91 Å². The molecule has 2 aliphatic rings. The zero-order valence-corrected chi connectivity index (χ0v) is 15.5. The fourth-order valence-corrected chi connectivity index (χ4v) is 4.47. The number of carbonyl (C=O) groups excluding carboxylic acids is 1. The normalized spacial score (nSPS) is 20.5. The maximum atomic E-state index is 12.5. The molecule has 3 rings (SSSR count). The average molecular weight is 332 g/mol. The van der Waals surface area contributed by atoms with Gasteiger partial charge < -0.3 is 9.47 Å². The van der Waals surface area contributed by atoms with Gasteiger partial charge in [-0.05, 0) is 57.8 Å². The third-order valence-corrected chi connectivity index (χ3v) is 6.17. The third-order valence-electron chi connectivity index (χ3n) is 6.17. The minimum absolute atomic E-state index is 0.418. The van der Waals surface area contributed by atoms with Crippen molar-refractivity contribution in [3.63, 3.8) is 0 Å². The molecule has 0 spiro atoms. The molecule has 1 saturated heterocycles. The summed E-state index contributed by atoms with van der Waals surface area (Å²) in [6.07, 6.45) is 12.9. The zero-order valence-electron chi connectivity index (χ0n) is 15.5. The molecular weight excluding hydrogens is 298 g/mol. The van der Waals surface area contributed by atoms with Crippen molar-refractivity contribution in [1.29, 1.82) is 0 Å². The average Bonchev–Trinajstić information content (AvgIpc) is 2.92. The first-order chi connectivity index (χ1) is 11.6. The smallest absolute Gasteiger partial charge is 0.222 e. The van der Waals surface area contributed by atoms with Gasteiger partial charge in [-0.15, -0.1) is 0 Å². The minimum atomic E-state index is 0.418. The maximum Gasteiger partial charge on any atom is 0.222 e. The summed E-state index contributed by atoms with van der Waals surface area (Å²) in [4.78, 5) is 19.0. The molecule has 1 aliphatic carbocycles. The molecule has 2 heterocycles. The molecule has 1 aromatic heterocycles. The number of carbonyl (C=O) groups is 1. The van der Waals surface area contributed by atoms with Gasteiger partial charge in [0.15, 0.2) is 0 Å². The number of aryl methyl sites for hydroxylation is 2. The number of likely N-dealkylation sites (tertiary alicyclic amines) is 1. The Bertz CT molecular complexity index is 518. The predicted octanol–water partition coefficient (Wildman–Crippen LogP) is 4.10. The van der Waals surface area contributed by atoms with Gasteiger partial charge in [-0.2, -0.15) is 0 Å². The highest BCUT2D eigenvalue weighted by Crippen LogP contribution is 2.28. The van der Waals surface area contributed by atoms with E-state index >= 15 is 0 Å². The van der Waals surface area contributed by atoms with Crippen LogP contribution in [0.4, 0.5) is 0 Å². The summed E-state index contributed by atoms with van der Waals surface area (Å²) in [7, 11) is 0. The fourth-order valence-electron chi connectivity index (χ4n) is 4.47. The summed E-state index contributed by atoms with van der Waals surface area (Å²) in [5, 5.41) is 0. The highest BCUT2D eigenvalue weighted by atomic mass is 16.2. The lowest BCUT2D eigenvalue weighted by molar-refractivity contribution is -0.133. The first kappa shape index (κ1) is 17.5. The molecule has 1 amide bonds. The topological polar surface area (TPSA) is 38.1 Å². The molecule has 2 fully saturated rings. The lowest BCUT2D eigenvalue weighted by Crippen LogP contribution is -2.39. The summed E-state index contributed by atoms with van der Waals surface area (Å²) in [6, 6.07) is 0. The van der Waals surface area contributed by atoms with Crippen LogP contribution in [0.25, 0.3) is 0 Å². The summed E-state index contributed by atoms with van der Waals surface area (Å²) < 4.78 is 2.32. The molecule has 4 nitrogen and oxygen atoms in total. The van der Waals surface area contributed by atoms with Gasteiger partial charge in [0.25, 0.3) is 0 Å². The second kappa shape index (κ2) is 8.17. The van der Waals surface area contributed by atoms with Crippen LogP contribution in [0.15, 0.2) is 6.20 Å². The predicted molar refractivity (Wildman–Crippen MR) is 96.8 cm³/mol. The van der Waals surface area contributed by atoms with Crippen LogP contribution in [-0.4, -0.2) is 33.4 Å². The van der Waals surface area contributed by atoms with Crippen LogP contribution in [0, 0.1) is 25.7 Å². The Labute approximate surface area is 146 Å². The van der Waals surface area contributed by atoms with E-state index in [0.29, 0.717) is 11.8 Å². The first-order valence-corrected chi connectivity index (χ1v) is 9.90. The van der Waals surface area contributed by atoms with Crippen LogP contribution in [-0.2, 0) is 11.3 Å². The lowest BCUT2D eigenvalue weighted by atomic mass is 9.86. The Hall–Kier alpha value is -1.32. The van der Waals surface area contributed by atoms with E-state index in [-0.39, 0.29) is 0 Å². The number of hydrogen-bond donors (Lipinski definition) is 0. The first-order valence-electron chi connectivity index (χ1n) is 9.90. The summed E-state index contributed by atoms with van der Waals surface area (Å²) in [5.74, 6) is 2.95. The van der Waals surface area contributed by atoms with Crippen LogP contribution in [0.5, 0.6) is 0 Å². The molecule has 0 bridgehead atoms. The van der Waals surface area contributed by atoms with E-state index in [9.17, 15) is 4.79 Å². The van der Waals surface area contributed by atoms with Gasteiger partial charge in [-0.1, -0.05) is 19.3 Å². The van der Waals surface area contributed by atoms with Crippen LogP contribution in [0.1, 0.15) is 69.3 Å². The second-order valence-electron chi connectivity index (χ2n) is 7.92. The third kappa shape index (κ3) is 4.40.